The fourth-order valence-electron chi connectivity index (χ4n) is 1.75. The third-order valence-electron chi connectivity index (χ3n) is 2.76. The van der Waals surface area contributed by atoms with Gasteiger partial charge in [-0.3, -0.25) is 4.79 Å². The number of aliphatic carboxylic acids is 1. The molecule has 1 fully saturated rings. The molecule has 106 valence electrons. The molecule has 1 N–H and O–H groups in total. The van der Waals surface area contributed by atoms with Crippen molar-refractivity contribution < 1.29 is 23.1 Å². The molecule has 2 rings (SSSR count). The summed E-state index contributed by atoms with van der Waals surface area (Å²) in [6.07, 6.45) is 0. The van der Waals surface area contributed by atoms with Crippen LogP contribution in [0.15, 0.2) is 14.1 Å². The Bertz CT molecular complexity index is 578. The number of rotatable bonds is 3. The molecular formula is C10H12BrNO5S2. The number of carboxylic acid groups (broad SMARTS) is 1. The predicted molar refractivity (Wildman–Crippen MR) is 72.9 cm³/mol. The van der Waals surface area contributed by atoms with E-state index in [0.717, 1.165) is 25.0 Å². The van der Waals surface area contributed by atoms with Gasteiger partial charge in [0.15, 0.2) is 0 Å². The van der Waals surface area contributed by atoms with Gasteiger partial charge in [0.05, 0.1) is 17.0 Å². The Morgan fingerprint density at radius 2 is 2.32 bits per heavy atom. The molecule has 0 saturated carbocycles. The van der Waals surface area contributed by atoms with Gasteiger partial charge >= 0.3 is 5.97 Å². The second-order valence-corrected chi connectivity index (χ2v) is 8.55. The number of thiophene rings is 1. The zero-order valence-corrected chi connectivity index (χ0v) is 13.2. The topological polar surface area (TPSA) is 83.9 Å². The van der Waals surface area contributed by atoms with E-state index in [9.17, 15) is 13.2 Å². The molecule has 1 saturated heterocycles. The monoisotopic (exact) mass is 369 g/mol. The molecule has 1 aromatic heterocycles. The van der Waals surface area contributed by atoms with Crippen molar-refractivity contribution in [3.05, 3.63) is 15.4 Å². The van der Waals surface area contributed by atoms with Crippen LogP contribution in [-0.2, 0) is 19.6 Å². The van der Waals surface area contributed by atoms with E-state index >= 15 is 0 Å². The van der Waals surface area contributed by atoms with Crippen LogP contribution >= 0.6 is 27.3 Å². The first kappa shape index (κ1) is 14.9. The number of nitrogens with zero attached hydrogens (tertiary/aromatic N) is 1. The summed E-state index contributed by atoms with van der Waals surface area (Å²) in [6.45, 7) is 1.91. The van der Waals surface area contributed by atoms with Crippen LogP contribution in [0.25, 0.3) is 0 Å². The molecular weight excluding hydrogens is 358 g/mol. The molecule has 1 unspecified atom stereocenters. The van der Waals surface area contributed by atoms with Gasteiger partial charge in [-0.15, -0.1) is 11.3 Å². The standard InChI is InChI=1S/C10H12BrNO5S2/c1-6-4-8(18-9(6)11)19(15,16)12-2-3-17-5-7(12)10(13)14/h4,7H,2-3,5H2,1H3,(H,13,14). The van der Waals surface area contributed by atoms with Gasteiger partial charge in [0.25, 0.3) is 10.0 Å². The molecule has 9 heteroatoms. The van der Waals surface area contributed by atoms with Gasteiger partial charge in [0.2, 0.25) is 0 Å². The lowest BCUT2D eigenvalue weighted by atomic mass is 10.3. The lowest BCUT2D eigenvalue weighted by molar-refractivity contribution is -0.146. The van der Waals surface area contributed by atoms with Crippen molar-refractivity contribution >= 4 is 43.3 Å². The van der Waals surface area contributed by atoms with E-state index in [2.05, 4.69) is 15.9 Å². The maximum absolute atomic E-state index is 12.5. The van der Waals surface area contributed by atoms with E-state index in [-0.39, 0.29) is 24.0 Å². The number of aryl methyl sites for hydroxylation is 1. The van der Waals surface area contributed by atoms with E-state index in [1.165, 1.54) is 0 Å². The molecule has 1 aliphatic rings. The largest absolute Gasteiger partial charge is 0.480 e. The van der Waals surface area contributed by atoms with E-state index in [1.807, 2.05) is 0 Å². The number of carboxylic acids is 1. The predicted octanol–water partition coefficient (Wildman–Crippen LogP) is 1.29. The summed E-state index contributed by atoms with van der Waals surface area (Å²) in [5.41, 5.74) is 0.809. The Morgan fingerprint density at radius 1 is 1.63 bits per heavy atom. The maximum Gasteiger partial charge on any atom is 0.324 e. The molecule has 2 heterocycles. The number of hydrogen-bond donors (Lipinski definition) is 1. The zero-order valence-electron chi connectivity index (χ0n) is 10.00. The molecule has 1 aromatic rings. The van der Waals surface area contributed by atoms with E-state index in [4.69, 9.17) is 9.84 Å². The lowest BCUT2D eigenvalue weighted by Gasteiger charge is -2.31. The number of halogens is 1. The zero-order chi connectivity index (χ0) is 14.2. The summed E-state index contributed by atoms with van der Waals surface area (Å²) in [6, 6.07) is 0.373. The van der Waals surface area contributed by atoms with Crippen molar-refractivity contribution in [2.75, 3.05) is 19.8 Å². The number of sulfonamides is 1. The minimum absolute atomic E-state index is 0.0495. The van der Waals surface area contributed by atoms with Crippen molar-refractivity contribution in [2.24, 2.45) is 0 Å². The third kappa shape index (κ3) is 2.84. The van der Waals surface area contributed by atoms with Crippen LogP contribution in [0.3, 0.4) is 0 Å². The summed E-state index contributed by atoms with van der Waals surface area (Å²) in [4.78, 5) is 11.1. The van der Waals surface area contributed by atoms with Crippen LogP contribution in [0.2, 0.25) is 0 Å². The molecule has 1 aliphatic heterocycles. The van der Waals surface area contributed by atoms with Gasteiger partial charge < -0.3 is 9.84 Å². The van der Waals surface area contributed by atoms with E-state index in [1.54, 1.807) is 13.0 Å². The van der Waals surface area contributed by atoms with Crippen molar-refractivity contribution in [3.8, 4) is 0 Å². The molecule has 0 radical (unpaired) electrons. The highest BCUT2D eigenvalue weighted by Gasteiger charge is 2.39. The molecule has 0 bridgehead atoms. The third-order valence-corrected chi connectivity index (χ3v) is 7.26. The van der Waals surface area contributed by atoms with Gasteiger partial charge in [0.1, 0.15) is 10.3 Å². The number of ether oxygens (including phenoxy) is 1. The first-order valence-corrected chi connectivity index (χ1v) is 8.47. The van der Waals surface area contributed by atoms with E-state index in [0.29, 0.717) is 0 Å². The van der Waals surface area contributed by atoms with Gasteiger partial charge in [-0.2, -0.15) is 4.31 Å². The average molecular weight is 370 g/mol. The second kappa shape index (κ2) is 5.49. The Morgan fingerprint density at radius 3 is 2.84 bits per heavy atom. The van der Waals surface area contributed by atoms with Crippen LogP contribution in [-0.4, -0.2) is 49.6 Å². The van der Waals surface area contributed by atoms with Crippen LogP contribution in [0.5, 0.6) is 0 Å². The minimum Gasteiger partial charge on any atom is -0.480 e. The van der Waals surface area contributed by atoms with E-state index < -0.39 is 22.0 Å². The Balaban J connectivity index is 2.39. The highest BCUT2D eigenvalue weighted by molar-refractivity contribution is 9.11. The van der Waals surface area contributed by atoms with Crippen LogP contribution in [0, 0.1) is 6.92 Å². The fourth-order valence-corrected chi connectivity index (χ4v) is 5.65. The first-order valence-electron chi connectivity index (χ1n) is 5.42. The maximum atomic E-state index is 12.5. The molecule has 0 aliphatic carbocycles. The molecule has 19 heavy (non-hydrogen) atoms. The minimum atomic E-state index is -3.80. The van der Waals surface area contributed by atoms with Crippen molar-refractivity contribution in [1.29, 1.82) is 0 Å². The molecule has 0 amide bonds. The van der Waals surface area contributed by atoms with Gasteiger partial charge in [-0.25, -0.2) is 8.42 Å². The smallest absolute Gasteiger partial charge is 0.324 e. The van der Waals surface area contributed by atoms with Crippen LogP contribution < -0.4 is 0 Å². The quantitative estimate of drug-likeness (QED) is 0.867. The highest BCUT2D eigenvalue weighted by atomic mass is 79.9. The van der Waals surface area contributed by atoms with Crippen molar-refractivity contribution in [1.82, 2.24) is 4.31 Å². The van der Waals surface area contributed by atoms with Crippen LogP contribution in [0.1, 0.15) is 5.56 Å². The number of carbonyl (C=O) groups is 1. The summed E-state index contributed by atoms with van der Waals surface area (Å²) in [5, 5.41) is 9.09. The second-order valence-electron chi connectivity index (χ2n) is 4.07. The number of hydrogen-bond acceptors (Lipinski definition) is 5. The average Bonchev–Trinajstić information content (AvgIpc) is 2.70. The molecule has 6 nitrogen and oxygen atoms in total. The highest BCUT2D eigenvalue weighted by Crippen LogP contribution is 2.33. The Kier molecular flexibility index (Phi) is 4.31. The Hall–Kier alpha value is -0.480. The molecule has 0 spiro atoms. The normalized spacial score (nSPS) is 21.5. The summed E-state index contributed by atoms with van der Waals surface area (Å²) >= 11 is 4.35. The number of morpholine rings is 1. The SMILES string of the molecule is Cc1cc(S(=O)(=O)N2CCOCC2C(=O)O)sc1Br. The molecule has 1 atom stereocenters. The molecule has 0 aromatic carbocycles. The van der Waals surface area contributed by atoms with Crippen molar-refractivity contribution in [2.45, 2.75) is 17.2 Å². The summed E-state index contributed by atoms with van der Waals surface area (Å²) < 4.78 is 31.8. The lowest BCUT2D eigenvalue weighted by Crippen LogP contribution is -2.52. The Labute approximate surface area is 123 Å². The summed E-state index contributed by atoms with van der Waals surface area (Å²) in [5.74, 6) is -1.20. The van der Waals surface area contributed by atoms with Gasteiger partial charge in [-0.1, -0.05) is 0 Å². The van der Waals surface area contributed by atoms with Crippen molar-refractivity contribution in [3.63, 3.8) is 0 Å². The van der Waals surface area contributed by atoms with Crippen LogP contribution in [0.4, 0.5) is 0 Å². The van der Waals surface area contributed by atoms with Gasteiger partial charge in [-0.05, 0) is 34.5 Å². The first-order chi connectivity index (χ1) is 8.84. The van der Waals surface area contributed by atoms with Gasteiger partial charge in [0, 0.05) is 6.54 Å². The fraction of sp³-hybridized carbons (Fsp3) is 0.500. The summed E-state index contributed by atoms with van der Waals surface area (Å²) in [7, 11) is -3.80.